The number of carbonyl (C=O) groups is 5. The molecule has 15 nitrogen and oxygen atoms in total. The molecule has 3 saturated heterocycles. The molecule has 5 fully saturated rings. The standard InChI is InChI=1S/C37H51NO14/c1-17(2)12-24(41)50-27-29-36-16-48-37(29,32(45)47-8)15-21(39)25(42)28(36)35(7)14-22(40)26(18(3)19(35)13-23(36)49-31(27)44)51-30(43)20-10-9-11-38(20)33(46)52-34(4,5)6/h12,19-23,25,27-29,39-40,42H,9-11,13-16H2,1-8H3/t19-,20-,21+,22?,23+,25-,27+,28?,29+,35-,36+,37+/m0/s1. The Morgan fingerprint density at radius 1 is 1.06 bits per heavy atom. The van der Waals surface area contributed by atoms with Crippen LogP contribution in [0.5, 0.6) is 0 Å². The van der Waals surface area contributed by atoms with Crippen LogP contribution in [0.15, 0.2) is 23.0 Å². The predicted octanol–water partition coefficient (Wildman–Crippen LogP) is 2.08. The Morgan fingerprint density at radius 3 is 2.38 bits per heavy atom. The van der Waals surface area contributed by atoms with E-state index in [4.69, 9.17) is 28.4 Å². The van der Waals surface area contributed by atoms with Crippen LogP contribution in [-0.2, 0) is 47.6 Å². The van der Waals surface area contributed by atoms with Gasteiger partial charge in [0.25, 0.3) is 0 Å². The fraction of sp³-hybridized carbons (Fsp3) is 0.757. The normalized spacial score (nSPS) is 40.8. The van der Waals surface area contributed by atoms with E-state index in [9.17, 15) is 39.3 Å². The van der Waals surface area contributed by atoms with Gasteiger partial charge in [0.15, 0.2) is 5.60 Å². The first-order valence-corrected chi connectivity index (χ1v) is 18.0. The first-order valence-electron chi connectivity index (χ1n) is 18.0. The van der Waals surface area contributed by atoms with Gasteiger partial charge in [-0.2, -0.15) is 0 Å². The first kappa shape index (κ1) is 38.2. The van der Waals surface area contributed by atoms with Crippen molar-refractivity contribution in [3.05, 3.63) is 23.0 Å². The summed E-state index contributed by atoms with van der Waals surface area (Å²) in [6.45, 7) is 12.2. The highest BCUT2D eigenvalue weighted by Gasteiger charge is 2.81. The van der Waals surface area contributed by atoms with Crippen molar-refractivity contribution in [3.63, 3.8) is 0 Å². The van der Waals surface area contributed by atoms with E-state index in [0.717, 1.165) is 7.11 Å². The summed E-state index contributed by atoms with van der Waals surface area (Å²) in [4.78, 5) is 68.6. The number of rotatable bonds is 5. The minimum Gasteiger partial charge on any atom is -0.467 e. The van der Waals surface area contributed by atoms with Crippen LogP contribution in [-0.4, -0.2) is 118 Å². The maximum Gasteiger partial charge on any atom is 0.411 e. The van der Waals surface area contributed by atoms with Crippen LogP contribution in [0, 0.1) is 28.6 Å². The number of hydrogen-bond acceptors (Lipinski definition) is 14. The van der Waals surface area contributed by atoms with Crippen molar-refractivity contribution in [1.82, 2.24) is 4.90 Å². The average molecular weight is 734 g/mol. The lowest BCUT2D eigenvalue weighted by molar-refractivity contribution is -0.255. The zero-order chi connectivity index (χ0) is 38.3. The zero-order valence-electron chi connectivity index (χ0n) is 31.0. The first-order chi connectivity index (χ1) is 24.2. The molecule has 3 aliphatic carbocycles. The summed E-state index contributed by atoms with van der Waals surface area (Å²) in [6.07, 6.45) is -6.05. The summed E-state index contributed by atoms with van der Waals surface area (Å²) in [5.41, 5.74) is -4.14. The molecule has 12 atom stereocenters. The smallest absolute Gasteiger partial charge is 0.411 e. The average Bonchev–Trinajstić information content (AvgIpc) is 3.64. The quantitative estimate of drug-likeness (QED) is 0.210. The third-order valence-corrected chi connectivity index (χ3v) is 12.2. The van der Waals surface area contributed by atoms with Gasteiger partial charge in [0, 0.05) is 30.4 Å². The van der Waals surface area contributed by atoms with Gasteiger partial charge < -0.3 is 43.7 Å². The van der Waals surface area contributed by atoms with Crippen molar-refractivity contribution < 1.29 is 67.7 Å². The van der Waals surface area contributed by atoms with Gasteiger partial charge in [-0.1, -0.05) is 12.5 Å². The Labute approximate surface area is 302 Å². The van der Waals surface area contributed by atoms with Crippen LogP contribution in [0.25, 0.3) is 0 Å². The molecule has 3 heterocycles. The van der Waals surface area contributed by atoms with Crippen LogP contribution >= 0.6 is 0 Å². The van der Waals surface area contributed by atoms with Gasteiger partial charge in [-0.25, -0.2) is 24.0 Å². The number of methoxy groups -OCH3 is 1. The number of nitrogens with zero attached hydrogens (tertiary/aromatic N) is 1. The fourth-order valence-electron chi connectivity index (χ4n) is 10.5. The molecule has 1 amide bonds. The van der Waals surface area contributed by atoms with Gasteiger partial charge in [0.05, 0.1) is 31.8 Å². The molecule has 52 heavy (non-hydrogen) atoms. The van der Waals surface area contributed by atoms with Gasteiger partial charge in [0.2, 0.25) is 6.10 Å². The van der Waals surface area contributed by atoms with Crippen molar-refractivity contribution in [2.75, 3.05) is 20.3 Å². The predicted molar refractivity (Wildman–Crippen MR) is 178 cm³/mol. The summed E-state index contributed by atoms with van der Waals surface area (Å²) in [6, 6.07) is -0.933. The molecule has 2 unspecified atom stereocenters. The molecule has 6 aliphatic rings. The number of ether oxygens (including phenoxy) is 6. The highest BCUT2D eigenvalue weighted by atomic mass is 16.6. The minimum absolute atomic E-state index is 0.00178. The van der Waals surface area contributed by atoms with Gasteiger partial charge in [0.1, 0.15) is 29.6 Å². The molecule has 0 aromatic heterocycles. The van der Waals surface area contributed by atoms with Gasteiger partial charge in [-0.05, 0) is 84.1 Å². The van der Waals surface area contributed by atoms with Gasteiger partial charge in [-0.15, -0.1) is 0 Å². The Hall–Kier alpha value is -3.53. The Morgan fingerprint density at radius 2 is 1.75 bits per heavy atom. The van der Waals surface area contributed by atoms with E-state index in [2.05, 4.69) is 0 Å². The van der Waals surface area contributed by atoms with E-state index < -0.39 is 113 Å². The molecule has 2 bridgehead atoms. The van der Waals surface area contributed by atoms with E-state index in [0.29, 0.717) is 30.5 Å². The van der Waals surface area contributed by atoms with E-state index in [-0.39, 0.29) is 25.2 Å². The summed E-state index contributed by atoms with van der Waals surface area (Å²) >= 11 is 0. The number of aliphatic hydroxyl groups is 3. The fourth-order valence-corrected chi connectivity index (χ4v) is 10.5. The molecule has 288 valence electrons. The third-order valence-electron chi connectivity index (χ3n) is 12.2. The molecular weight excluding hydrogens is 682 g/mol. The molecule has 3 aliphatic heterocycles. The Kier molecular flexibility index (Phi) is 9.62. The molecule has 2 saturated carbocycles. The van der Waals surface area contributed by atoms with E-state index in [1.54, 1.807) is 41.5 Å². The highest BCUT2D eigenvalue weighted by Crippen LogP contribution is 2.72. The van der Waals surface area contributed by atoms with Gasteiger partial charge >= 0.3 is 30.0 Å². The lowest BCUT2D eigenvalue weighted by Gasteiger charge is -2.64. The van der Waals surface area contributed by atoms with Gasteiger partial charge in [-0.3, -0.25) is 4.90 Å². The number of likely N-dealkylation sites (tertiary alicyclic amines) is 1. The van der Waals surface area contributed by atoms with Crippen LogP contribution < -0.4 is 0 Å². The zero-order valence-corrected chi connectivity index (χ0v) is 31.0. The lowest BCUT2D eigenvalue weighted by Crippen LogP contribution is -2.71. The summed E-state index contributed by atoms with van der Waals surface area (Å²) in [5.74, 6) is -6.18. The lowest BCUT2D eigenvalue weighted by atomic mass is 9.42. The molecule has 6 rings (SSSR count). The number of allylic oxidation sites excluding steroid dienone is 2. The number of hydrogen-bond donors (Lipinski definition) is 3. The van der Waals surface area contributed by atoms with Crippen LogP contribution in [0.3, 0.4) is 0 Å². The molecule has 0 radical (unpaired) electrons. The summed E-state index contributed by atoms with van der Waals surface area (Å²) in [5, 5.41) is 35.5. The Bertz CT molecular complexity index is 1590. The number of fused-ring (bicyclic) bond motifs is 2. The SMILES string of the molecule is COC(=O)[C@]12C[C@@H](O)[C@H](O)C3[C@]4(CO1)[C@H]2[C@@H](OC(=O)C=C(C)C)C(=O)O[C@@H]4C[C@H]1C(C)=C(OC(=O)[C@@H]2CCCN2C(=O)OC(C)(C)C)C(O)C[C@]31C. The maximum atomic E-state index is 13.9. The van der Waals surface area contributed by atoms with E-state index >= 15 is 0 Å². The number of amides is 1. The minimum atomic E-state index is -1.99. The van der Waals surface area contributed by atoms with Crippen molar-refractivity contribution in [2.24, 2.45) is 28.6 Å². The maximum absolute atomic E-state index is 13.9. The second kappa shape index (κ2) is 13.1. The van der Waals surface area contributed by atoms with E-state index in [1.165, 1.54) is 11.0 Å². The van der Waals surface area contributed by atoms with Crippen LogP contribution in [0.4, 0.5) is 4.79 Å². The van der Waals surface area contributed by atoms with Crippen molar-refractivity contribution in [3.8, 4) is 0 Å². The number of aliphatic hydroxyl groups excluding tert-OH is 3. The van der Waals surface area contributed by atoms with Crippen molar-refractivity contribution in [2.45, 2.75) is 128 Å². The Balaban J connectivity index is 1.41. The molecule has 3 N–H and O–H groups in total. The van der Waals surface area contributed by atoms with Crippen molar-refractivity contribution >= 4 is 30.0 Å². The third kappa shape index (κ3) is 5.82. The largest absolute Gasteiger partial charge is 0.467 e. The molecule has 15 heteroatoms. The topological polar surface area (TPSA) is 205 Å². The number of esters is 4. The second-order valence-corrected chi connectivity index (χ2v) is 16.8. The molecular formula is C37H51NO14. The number of carbonyl (C=O) groups excluding carboxylic acids is 5. The van der Waals surface area contributed by atoms with Crippen LogP contribution in [0.2, 0.25) is 0 Å². The molecule has 0 aromatic carbocycles. The molecule has 0 aromatic rings. The van der Waals surface area contributed by atoms with Crippen molar-refractivity contribution in [1.29, 1.82) is 0 Å². The second-order valence-electron chi connectivity index (χ2n) is 16.8. The summed E-state index contributed by atoms with van der Waals surface area (Å²) < 4.78 is 34.8. The summed E-state index contributed by atoms with van der Waals surface area (Å²) in [7, 11) is 1.14. The highest BCUT2D eigenvalue weighted by molar-refractivity contribution is 5.89. The van der Waals surface area contributed by atoms with E-state index in [1.807, 2.05) is 6.92 Å². The van der Waals surface area contributed by atoms with Crippen LogP contribution in [0.1, 0.15) is 80.6 Å². The molecule has 1 spiro atoms. The monoisotopic (exact) mass is 733 g/mol.